The molecule has 1 aromatic carbocycles. The van der Waals surface area contributed by atoms with Gasteiger partial charge in [0.15, 0.2) is 0 Å². The van der Waals surface area contributed by atoms with E-state index in [1.54, 1.807) is 6.92 Å². The number of hydrogen-bond acceptors (Lipinski definition) is 2. The summed E-state index contributed by atoms with van der Waals surface area (Å²) in [4.78, 5) is 26.3. The number of alkyl halides is 1. The van der Waals surface area contributed by atoms with Gasteiger partial charge in [-0.2, -0.15) is 0 Å². The lowest BCUT2D eigenvalue weighted by Gasteiger charge is -2.46. The first-order valence-corrected chi connectivity index (χ1v) is 8.28. The lowest BCUT2D eigenvalue weighted by molar-refractivity contribution is -0.142. The Morgan fingerprint density at radius 2 is 2.05 bits per heavy atom. The van der Waals surface area contributed by atoms with E-state index in [1.807, 2.05) is 41.3 Å². The lowest BCUT2D eigenvalue weighted by Crippen LogP contribution is -2.65. The number of nitrogens with one attached hydrogen (secondary N) is 1. The maximum absolute atomic E-state index is 12.5. The second kappa shape index (κ2) is 5.44. The molecule has 2 aliphatic rings. The average Bonchev–Trinajstić information content (AvgIpc) is 2.78. The van der Waals surface area contributed by atoms with E-state index in [2.05, 4.69) is 27.9 Å². The number of halogens is 1. The highest BCUT2D eigenvalue weighted by molar-refractivity contribution is 14.1. The molecular formula is C16H17IN2O2. The van der Waals surface area contributed by atoms with Crippen molar-refractivity contribution in [1.29, 1.82) is 0 Å². The maximum Gasteiger partial charge on any atom is 0.248 e. The molecule has 0 aliphatic carbocycles. The zero-order valence-corrected chi connectivity index (χ0v) is 14.0. The van der Waals surface area contributed by atoms with Crippen LogP contribution in [0, 0.1) is 0 Å². The molecule has 21 heavy (non-hydrogen) atoms. The van der Waals surface area contributed by atoms with Crippen molar-refractivity contribution in [3.8, 4) is 0 Å². The fourth-order valence-corrected chi connectivity index (χ4v) is 3.98. The fourth-order valence-electron chi connectivity index (χ4n) is 2.99. The summed E-state index contributed by atoms with van der Waals surface area (Å²) in [6.07, 6.45) is 3.24. The van der Waals surface area contributed by atoms with E-state index < -0.39 is 5.66 Å². The molecule has 1 saturated heterocycles. The van der Waals surface area contributed by atoms with Gasteiger partial charge in [0.25, 0.3) is 0 Å². The summed E-state index contributed by atoms with van der Waals surface area (Å²) in [6, 6.07) is 9.90. The van der Waals surface area contributed by atoms with Crippen molar-refractivity contribution in [3.63, 3.8) is 0 Å². The first-order valence-electron chi connectivity index (χ1n) is 7.03. The van der Waals surface area contributed by atoms with E-state index in [0.29, 0.717) is 18.5 Å². The van der Waals surface area contributed by atoms with E-state index in [-0.39, 0.29) is 15.7 Å². The summed E-state index contributed by atoms with van der Waals surface area (Å²) in [5, 5.41) is 3.04. The summed E-state index contributed by atoms with van der Waals surface area (Å²) in [6.45, 7) is 2.32. The molecular weight excluding hydrogens is 379 g/mol. The molecule has 0 aromatic heterocycles. The van der Waals surface area contributed by atoms with Gasteiger partial charge in [0.05, 0.1) is 3.92 Å². The van der Waals surface area contributed by atoms with Gasteiger partial charge in [-0.15, -0.1) is 0 Å². The fraction of sp³-hybridized carbons (Fsp3) is 0.375. The monoisotopic (exact) mass is 396 g/mol. The zero-order valence-electron chi connectivity index (χ0n) is 11.8. The van der Waals surface area contributed by atoms with Gasteiger partial charge in [0.2, 0.25) is 11.8 Å². The van der Waals surface area contributed by atoms with Gasteiger partial charge in [-0.3, -0.25) is 9.59 Å². The van der Waals surface area contributed by atoms with Crippen molar-refractivity contribution in [1.82, 2.24) is 10.2 Å². The van der Waals surface area contributed by atoms with Crippen LogP contribution in [0.4, 0.5) is 0 Å². The molecule has 0 radical (unpaired) electrons. The number of rotatable bonds is 2. The van der Waals surface area contributed by atoms with Crippen molar-refractivity contribution in [2.45, 2.75) is 35.9 Å². The first kappa shape index (κ1) is 14.6. The predicted octanol–water partition coefficient (Wildman–Crippen LogP) is 2.39. The normalized spacial score (nSPS) is 28.8. The molecule has 1 fully saturated rings. The molecule has 110 valence electrons. The summed E-state index contributed by atoms with van der Waals surface area (Å²) in [5.74, 6) is 0.0162. The second-order valence-electron chi connectivity index (χ2n) is 5.58. The van der Waals surface area contributed by atoms with Crippen LogP contribution in [0.25, 0.3) is 0 Å². The van der Waals surface area contributed by atoms with Crippen LogP contribution in [-0.4, -0.2) is 26.3 Å². The number of piperidine rings is 1. The van der Waals surface area contributed by atoms with Crippen molar-refractivity contribution in [3.05, 3.63) is 47.5 Å². The Balaban J connectivity index is 1.98. The third-order valence-electron chi connectivity index (χ3n) is 4.13. The Labute approximate surface area is 137 Å². The van der Waals surface area contributed by atoms with Crippen LogP contribution >= 0.6 is 22.6 Å². The molecule has 4 nitrogen and oxygen atoms in total. The minimum Gasteiger partial charge on any atom is -0.325 e. The summed E-state index contributed by atoms with van der Waals surface area (Å²) >= 11 is 2.35. The minimum absolute atomic E-state index is 0.0792. The van der Waals surface area contributed by atoms with Crippen molar-refractivity contribution < 1.29 is 9.59 Å². The number of nitrogens with zero attached hydrogens (tertiary/aromatic N) is 1. The van der Waals surface area contributed by atoms with Gasteiger partial charge in [-0.1, -0.05) is 52.9 Å². The average molecular weight is 396 g/mol. The molecule has 1 N–H and O–H groups in total. The molecule has 0 bridgehead atoms. The number of amides is 2. The Hall–Kier alpha value is -1.37. The van der Waals surface area contributed by atoms with Crippen LogP contribution in [0.5, 0.6) is 0 Å². The molecule has 3 rings (SSSR count). The summed E-state index contributed by atoms with van der Waals surface area (Å²) in [7, 11) is 0. The highest BCUT2D eigenvalue weighted by Gasteiger charge is 2.51. The number of benzene rings is 1. The summed E-state index contributed by atoms with van der Waals surface area (Å²) < 4.78 is 0.179. The van der Waals surface area contributed by atoms with Crippen molar-refractivity contribution in [2.75, 3.05) is 0 Å². The van der Waals surface area contributed by atoms with Gasteiger partial charge < -0.3 is 10.2 Å². The molecule has 2 atom stereocenters. The Morgan fingerprint density at radius 3 is 2.67 bits per heavy atom. The minimum atomic E-state index is -0.674. The third kappa shape index (κ3) is 2.47. The molecule has 2 aliphatic heterocycles. The van der Waals surface area contributed by atoms with Crippen LogP contribution in [0.15, 0.2) is 42.0 Å². The maximum atomic E-state index is 12.5. The highest BCUT2D eigenvalue weighted by atomic mass is 127. The van der Waals surface area contributed by atoms with Gasteiger partial charge in [0, 0.05) is 18.5 Å². The van der Waals surface area contributed by atoms with Crippen LogP contribution in [0.2, 0.25) is 0 Å². The molecule has 0 unspecified atom stereocenters. The smallest absolute Gasteiger partial charge is 0.248 e. The van der Waals surface area contributed by atoms with E-state index in [1.165, 1.54) is 0 Å². The quantitative estimate of drug-likeness (QED) is 0.617. The number of carbonyl (C=O) groups excluding carboxylic acids is 2. The zero-order chi connectivity index (χ0) is 15.0. The van der Waals surface area contributed by atoms with E-state index >= 15 is 0 Å². The van der Waals surface area contributed by atoms with Gasteiger partial charge in [-0.25, -0.2) is 0 Å². The molecule has 1 spiro atoms. The van der Waals surface area contributed by atoms with Gasteiger partial charge in [-0.05, 0) is 25.0 Å². The molecule has 5 heteroatoms. The van der Waals surface area contributed by atoms with Crippen molar-refractivity contribution >= 4 is 34.4 Å². The topological polar surface area (TPSA) is 49.4 Å². The standard InChI is InChI=1S/C16H17IN2O2/c1-11-9-16(18-15(11)21)13(17)7-8-14(20)19(16)10-12-5-3-2-4-6-12/h2-6,9,13H,7-8,10H2,1H3,(H,18,21)/t13-,16+/m1/s1. The van der Waals surface area contributed by atoms with E-state index in [4.69, 9.17) is 0 Å². The largest absolute Gasteiger partial charge is 0.325 e. The molecule has 2 amide bonds. The van der Waals surface area contributed by atoms with E-state index in [0.717, 1.165) is 12.0 Å². The van der Waals surface area contributed by atoms with Crippen LogP contribution < -0.4 is 5.32 Å². The summed E-state index contributed by atoms with van der Waals surface area (Å²) in [5.41, 5.74) is 1.08. The number of hydrogen-bond donors (Lipinski definition) is 1. The SMILES string of the molecule is CC1=C[C@@]2(NC1=O)[C@H](I)CCC(=O)N2Cc1ccccc1. The molecule has 0 saturated carbocycles. The first-order chi connectivity index (χ1) is 10.0. The van der Waals surface area contributed by atoms with Crippen LogP contribution in [0.3, 0.4) is 0 Å². The highest BCUT2D eigenvalue weighted by Crippen LogP contribution is 2.38. The predicted molar refractivity (Wildman–Crippen MR) is 88.7 cm³/mol. The third-order valence-corrected chi connectivity index (χ3v) is 5.70. The number of carbonyl (C=O) groups is 2. The van der Waals surface area contributed by atoms with Crippen molar-refractivity contribution in [2.24, 2.45) is 0 Å². The molecule has 1 aromatic rings. The van der Waals surface area contributed by atoms with Crippen LogP contribution in [-0.2, 0) is 16.1 Å². The Kier molecular flexibility index (Phi) is 3.77. The number of likely N-dealkylation sites (tertiary alicyclic amines) is 1. The van der Waals surface area contributed by atoms with Gasteiger partial charge >= 0.3 is 0 Å². The Morgan fingerprint density at radius 1 is 1.33 bits per heavy atom. The van der Waals surface area contributed by atoms with Crippen LogP contribution in [0.1, 0.15) is 25.3 Å². The Bertz CT molecular complexity index is 614. The van der Waals surface area contributed by atoms with E-state index in [9.17, 15) is 9.59 Å². The molecule has 2 heterocycles. The lowest BCUT2D eigenvalue weighted by atomic mass is 9.94. The second-order valence-corrected chi connectivity index (χ2v) is 7.08. The van der Waals surface area contributed by atoms with Gasteiger partial charge in [0.1, 0.15) is 5.66 Å².